The van der Waals surface area contributed by atoms with Gasteiger partial charge >= 0.3 is 0 Å². The molecular weight excluding hydrogens is 230 g/mol. The van der Waals surface area contributed by atoms with Gasteiger partial charge in [0, 0.05) is 24.4 Å². The van der Waals surface area contributed by atoms with Crippen LogP contribution in [0.3, 0.4) is 0 Å². The van der Waals surface area contributed by atoms with Crippen LogP contribution in [-0.4, -0.2) is 29.0 Å². The van der Waals surface area contributed by atoms with E-state index in [9.17, 15) is 0 Å². The Bertz CT molecular complexity index is 327. The van der Waals surface area contributed by atoms with Crippen molar-refractivity contribution in [1.82, 2.24) is 9.88 Å². The molecule has 96 valence electrons. The molecule has 0 radical (unpaired) electrons. The fraction of sp³-hybridized carbons (Fsp3) is 0.769. The molecule has 0 aliphatic carbocycles. The van der Waals surface area contributed by atoms with Gasteiger partial charge in [0.2, 0.25) is 0 Å². The molecule has 2 heterocycles. The van der Waals surface area contributed by atoms with Gasteiger partial charge in [-0.15, -0.1) is 11.3 Å². The first kappa shape index (κ1) is 13.0. The molecule has 0 saturated carbocycles. The molecule has 3 nitrogen and oxygen atoms in total. The van der Waals surface area contributed by atoms with Crippen LogP contribution in [0.2, 0.25) is 0 Å². The van der Waals surface area contributed by atoms with Crippen molar-refractivity contribution < 1.29 is 0 Å². The average Bonchev–Trinajstić information content (AvgIpc) is 2.54. The van der Waals surface area contributed by atoms with Gasteiger partial charge in [-0.1, -0.05) is 12.8 Å². The molecule has 1 aromatic heterocycles. The summed E-state index contributed by atoms with van der Waals surface area (Å²) in [6.45, 7) is 5.53. The molecule has 0 aromatic carbocycles. The molecule has 1 aromatic rings. The van der Waals surface area contributed by atoms with Crippen molar-refractivity contribution in [3.63, 3.8) is 0 Å². The van der Waals surface area contributed by atoms with E-state index in [1.807, 2.05) is 6.92 Å². The lowest BCUT2D eigenvalue weighted by Crippen LogP contribution is -2.24. The molecule has 1 aliphatic rings. The molecule has 1 atom stereocenters. The highest BCUT2D eigenvalue weighted by atomic mass is 32.1. The zero-order chi connectivity index (χ0) is 12.1. The summed E-state index contributed by atoms with van der Waals surface area (Å²) in [4.78, 5) is 7.21. The number of hydrogen-bond donors (Lipinski definition) is 1. The van der Waals surface area contributed by atoms with E-state index in [0.717, 1.165) is 13.0 Å². The number of thiazole rings is 1. The van der Waals surface area contributed by atoms with Crippen molar-refractivity contribution in [3.8, 4) is 0 Å². The number of nitrogens with zero attached hydrogens (tertiary/aromatic N) is 2. The van der Waals surface area contributed by atoms with Crippen LogP contribution < -0.4 is 5.73 Å². The minimum absolute atomic E-state index is 0.215. The maximum absolute atomic E-state index is 5.79. The van der Waals surface area contributed by atoms with Crippen LogP contribution in [0.15, 0.2) is 5.38 Å². The highest BCUT2D eigenvalue weighted by Crippen LogP contribution is 2.16. The van der Waals surface area contributed by atoms with Gasteiger partial charge in [-0.05, 0) is 32.9 Å². The summed E-state index contributed by atoms with van der Waals surface area (Å²) >= 11 is 1.75. The fourth-order valence-electron chi connectivity index (χ4n) is 2.31. The highest BCUT2D eigenvalue weighted by molar-refractivity contribution is 7.09. The van der Waals surface area contributed by atoms with Crippen LogP contribution >= 0.6 is 11.3 Å². The van der Waals surface area contributed by atoms with Gasteiger partial charge in [-0.2, -0.15) is 0 Å². The van der Waals surface area contributed by atoms with E-state index in [4.69, 9.17) is 5.73 Å². The molecule has 2 N–H and O–H groups in total. The second-order valence-corrected chi connectivity index (χ2v) is 6.05. The van der Waals surface area contributed by atoms with E-state index in [2.05, 4.69) is 15.3 Å². The Balaban J connectivity index is 1.86. The minimum atomic E-state index is 0.215. The van der Waals surface area contributed by atoms with Crippen molar-refractivity contribution in [2.75, 3.05) is 13.1 Å². The van der Waals surface area contributed by atoms with Crippen molar-refractivity contribution in [3.05, 3.63) is 16.1 Å². The van der Waals surface area contributed by atoms with Crippen molar-refractivity contribution in [1.29, 1.82) is 0 Å². The average molecular weight is 253 g/mol. The summed E-state index contributed by atoms with van der Waals surface area (Å²) in [5, 5.41) is 3.38. The lowest BCUT2D eigenvalue weighted by atomic mass is 10.2. The summed E-state index contributed by atoms with van der Waals surface area (Å²) in [7, 11) is 0. The van der Waals surface area contributed by atoms with Crippen LogP contribution in [0.4, 0.5) is 0 Å². The van der Waals surface area contributed by atoms with Gasteiger partial charge in [0.25, 0.3) is 0 Å². The van der Waals surface area contributed by atoms with Crippen LogP contribution in [-0.2, 0) is 13.0 Å². The van der Waals surface area contributed by atoms with E-state index < -0.39 is 0 Å². The third-order valence-corrected chi connectivity index (χ3v) is 4.10. The Kier molecular flexibility index (Phi) is 4.95. The molecular formula is C13H23N3S. The number of hydrogen-bond acceptors (Lipinski definition) is 4. The van der Waals surface area contributed by atoms with Gasteiger partial charge in [-0.3, -0.25) is 4.90 Å². The summed E-state index contributed by atoms with van der Waals surface area (Å²) in [6, 6.07) is 0.215. The van der Waals surface area contributed by atoms with E-state index in [1.54, 1.807) is 11.3 Å². The van der Waals surface area contributed by atoms with Gasteiger partial charge < -0.3 is 5.73 Å². The Morgan fingerprint density at radius 3 is 2.71 bits per heavy atom. The standard InChI is InChI=1S/C13H23N3S/c1-11(14)8-13-15-12(10-17-13)9-16-6-4-2-3-5-7-16/h10-11H,2-9,14H2,1H3. The Morgan fingerprint density at radius 2 is 2.06 bits per heavy atom. The summed E-state index contributed by atoms with van der Waals surface area (Å²) in [6.07, 6.45) is 6.38. The van der Waals surface area contributed by atoms with E-state index in [1.165, 1.54) is 49.5 Å². The van der Waals surface area contributed by atoms with Gasteiger partial charge in [0.05, 0.1) is 10.7 Å². The van der Waals surface area contributed by atoms with Crippen molar-refractivity contribution >= 4 is 11.3 Å². The zero-order valence-corrected chi connectivity index (χ0v) is 11.5. The molecule has 17 heavy (non-hydrogen) atoms. The molecule has 1 fully saturated rings. The van der Waals surface area contributed by atoms with E-state index in [0.29, 0.717) is 0 Å². The first-order valence-electron chi connectivity index (χ1n) is 6.65. The zero-order valence-electron chi connectivity index (χ0n) is 10.7. The molecule has 1 saturated heterocycles. The Morgan fingerprint density at radius 1 is 1.35 bits per heavy atom. The van der Waals surface area contributed by atoms with Crippen LogP contribution in [0.25, 0.3) is 0 Å². The van der Waals surface area contributed by atoms with Gasteiger partial charge in [0.1, 0.15) is 0 Å². The Labute approximate surface area is 108 Å². The van der Waals surface area contributed by atoms with Gasteiger partial charge in [-0.25, -0.2) is 4.98 Å². The first-order chi connectivity index (χ1) is 8.24. The lowest BCUT2D eigenvalue weighted by molar-refractivity contribution is 0.274. The third kappa shape index (κ3) is 4.37. The molecule has 0 bridgehead atoms. The number of rotatable bonds is 4. The van der Waals surface area contributed by atoms with E-state index >= 15 is 0 Å². The molecule has 2 rings (SSSR count). The monoisotopic (exact) mass is 253 g/mol. The van der Waals surface area contributed by atoms with Gasteiger partial charge in [0.15, 0.2) is 0 Å². The van der Waals surface area contributed by atoms with Crippen LogP contribution in [0.5, 0.6) is 0 Å². The maximum Gasteiger partial charge on any atom is 0.0944 e. The quantitative estimate of drug-likeness (QED) is 0.896. The van der Waals surface area contributed by atoms with Crippen LogP contribution in [0, 0.1) is 0 Å². The third-order valence-electron chi connectivity index (χ3n) is 3.18. The minimum Gasteiger partial charge on any atom is -0.328 e. The predicted molar refractivity (Wildman–Crippen MR) is 73.2 cm³/mol. The topological polar surface area (TPSA) is 42.1 Å². The van der Waals surface area contributed by atoms with Crippen LogP contribution in [0.1, 0.15) is 43.3 Å². The molecule has 1 aliphatic heterocycles. The molecule has 0 amide bonds. The van der Waals surface area contributed by atoms with Crippen molar-refractivity contribution in [2.45, 2.75) is 51.6 Å². The van der Waals surface area contributed by atoms with Crippen molar-refractivity contribution in [2.24, 2.45) is 5.73 Å². The summed E-state index contributed by atoms with van der Waals surface area (Å²) < 4.78 is 0. The number of likely N-dealkylation sites (tertiary alicyclic amines) is 1. The SMILES string of the molecule is CC(N)Cc1nc(CN2CCCCCC2)cs1. The Hall–Kier alpha value is -0.450. The largest absolute Gasteiger partial charge is 0.328 e. The molecule has 4 heteroatoms. The second kappa shape index (κ2) is 6.47. The molecule has 0 spiro atoms. The molecule has 1 unspecified atom stereocenters. The second-order valence-electron chi connectivity index (χ2n) is 5.10. The fourth-order valence-corrected chi connectivity index (χ4v) is 3.24. The smallest absolute Gasteiger partial charge is 0.0944 e. The highest BCUT2D eigenvalue weighted by Gasteiger charge is 2.11. The predicted octanol–water partition coefficient (Wildman–Crippen LogP) is 2.41. The van der Waals surface area contributed by atoms with E-state index in [-0.39, 0.29) is 6.04 Å². The number of aromatic nitrogens is 1. The summed E-state index contributed by atoms with van der Waals surface area (Å²) in [5.41, 5.74) is 7.02. The first-order valence-corrected chi connectivity index (χ1v) is 7.53. The maximum atomic E-state index is 5.79. The normalized spacial score (nSPS) is 20.1. The number of nitrogens with two attached hydrogens (primary N) is 1. The lowest BCUT2D eigenvalue weighted by Gasteiger charge is -2.17. The summed E-state index contributed by atoms with van der Waals surface area (Å²) in [5.74, 6) is 0.